The van der Waals surface area contributed by atoms with E-state index in [1.165, 1.54) is 25.9 Å². The van der Waals surface area contributed by atoms with Crippen LogP contribution in [0.1, 0.15) is 31.4 Å². The number of hydrogen-bond acceptors (Lipinski definition) is 3. The zero-order valence-electron chi connectivity index (χ0n) is 12.6. The normalized spacial score (nSPS) is 19.1. The average molecular weight is 341 g/mol. The fourth-order valence-corrected chi connectivity index (χ4v) is 3.28. The third-order valence-corrected chi connectivity index (χ3v) is 4.72. The van der Waals surface area contributed by atoms with Gasteiger partial charge in [0.25, 0.3) is 0 Å². The molecule has 0 spiro atoms. The predicted molar refractivity (Wildman–Crippen MR) is 88.3 cm³/mol. The molecule has 1 aromatic carbocycles. The molecule has 2 rings (SSSR count). The summed E-state index contributed by atoms with van der Waals surface area (Å²) >= 11 is 3.53. The van der Waals surface area contributed by atoms with Crippen molar-refractivity contribution in [1.82, 2.24) is 4.90 Å². The molecule has 112 valence electrons. The minimum absolute atomic E-state index is 0.432. The Labute approximate surface area is 130 Å². The van der Waals surface area contributed by atoms with Crippen molar-refractivity contribution >= 4 is 21.6 Å². The number of nitrogens with zero attached hydrogens (tertiary/aromatic N) is 2. The van der Waals surface area contributed by atoms with Gasteiger partial charge in [-0.15, -0.1) is 0 Å². The van der Waals surface area contributed by atoms with Crippen molar-refractivity contribution in [1.29, 1.82) is 0 Å². The first-order valence-corrected chi connectivity index (χ1v) is 8.14. The van der Waals surface area contributed by atoms with E-state index >= 15 is 0 Å². The van der Waals surface area contributed by atoms with Crippen LogP contribution in [0.2, 0.25) is 0 Å². The van der Waals surface area contributed by atoms with Gasteiger partial charge in [-0.25, -0.2) is 0 Å². The number of halogens is 1. The van der Waals surface area contributed by atoms with Gasteiger partial charge in [-0.2, -0.15) is 0 Å². The highest BCUT2D eigenvalue weighted by Gasteiger charge is 2.20. The van der Waals surface area contributed by atoms with Crippen LogP contribution in [0.25, 0.3) is 0 Å². The van der Waals surface area contributed by atoms with Crippen molar-refractivity contribution in [3.8, 4) is 0 Å². The van der Waals surface area contributed by atoms with Gasteiger partial charge in [-0.05, 0) is 58.0 Å². The smallest absolute Gasteiger partial charge is 0.0782 e. The second-order valence-corrected chi connectivity index (χ2v) is 6.92. The van der Waals surface area contributed by atoms with Crippen LogP contribution in [0, 0.1) is 5.92 Å². The SMILES string of the molecule is CC(O)c1ccc(Br)cc1N(C)CC1CCN(C)CC1. The molecule has 1 aromatic rings. The van der Waals surface area contributed by atoms with Gasteiger partial charge in [0.05, 0.1) is 6.10 Å². The van der Waals surface area contributed by atoms with Crippen LogP contribution in [0.3, 0.4) is 0 Å². The first-order valence-electron chi connectivity index (χ1n) is 7.34. The molecule has 0 radical (unpaired) electrons. The minimum atomic E-state index is -0.432. The van der Waals surface area contributed by atoms with E-state index in [1.54, 1.807) is 0 Å². The summed E-state index contributed by atoms with van der Waals surface area (Å²) in [5, 5.41) is 9.94. The Balaban J connectivity index is 2.08. The fraction of sp³-hybridized carbons (Fsp3) is 0.625. The molecule has 1 aliphatic rings. The van der Waals surface area contributed by atoms with Gasteiger partial charge in [-0.1, -0.05) is 22.0 Å². The van der Waals surface area contributed by atoms with Crippen LogP contribution in [0.15, 0.2) is 22.7 Å². The summed E-state index contributed by atoms with van der Waals surface area (Å²) in [4.78, 5) is 4.69. The second-order valence-electron chi connectivity index (χ2n) is 6.01. The average Bonchev–Trinajstić information content (AvgIpc) is 2.41. The van der Waals surface area contributed by atoms with Gasteiger partial charge in [0, 0.05) is 29.3 Å². The summed E-state index contributed by atoms with van der Waals surface area (Å²) in [7, 11) is 4.33. The van der Waals surface area contributed by atoms with E-state index in [2.05, 4.69) is 45.9 Å². The standard InChI is InChI=1S/C16H25BrN2O/c1-12(20)15-5-4-14(17)10-16(15)19(3)11-13-6-8-18(2)9-7-13/h4-5,10,12-13,20H,6-9,11H2,1-3H3. The lowest BCUT2D eigenvalue weighted by molar-refractivity contribution is 0.199. The fourth-order valence-electron chi connectivity index (χ4n) is 2.93. The molecule has 1 heterocycles. The van der Waals surface area contributed by atoms with Crippen molar-refractivity contribution in [2.45, 2.75) is 25.9 Å². The molecule has 20 heavy (non-hydrogen) atoms. The molecular weight excluding hydrogens is 316 g/mol. The van der Waals surface area contributed by atoms with Crippen molar-refractivity contribution < 1.29 is 5.11 Å². The Morgan fingerprint density at radius 2 is 2.05 bits per heavy atom. The summed E-state index contributed by atoms with van der Waals surface area (Å²) in [6.07, 6.45) is 2.09. The van der Waals surface area contributed by atoms with Crippen LogP contribution in [-0.4, -0.2) is 43.7 Å². The van der Waals surface area contributed by atoms with Gasteiger partial charge in [0.2, 0.25) is 0 Å². The van der Waals surface area contributed by atoms with E-state index in [1.807, 2.05) is 19.1 Å². The molecule has 0 amide bonds. The van der Waals surface area contributed by atoms with Gasteiger partial charge in [0.1, 0.15) is 0 Å². The molecule has 1 aliphatic heterocycles. The zero-order chi connectivity index (χ0) is 14.7. The van der Waals surface area contributed by atoms with E-state index in [-0.39, 0.29) is 0 Å². The highest BCUT2D eigenvalue weighted by Crippen LogP contribution is 2.30. The Kier molecular flexibility index (Phi) is 5.47. The molecule has 0 aromatic heterocycles. The van der Waals surface area contributed by atoms with Crippen LogP contribution in [0.4, 0.5) is 5.69 Å². The lowest BCUT2D eigenvalue weighted by Gasteiger charge is -2.33. The number of piperidine rings is 1. The predicted octanol–water partition coefficient (Wildman–Crippen LogP) is 3.28. The Morgan fingerprint density at radius 3 is 2.65 bits per heavy atom. The van der Waals surface area contributed by atoms with Gasteiger partial charge in [-0.3, -0.25) is 0 Å². The molecule has 1 atom stereocenters. The maximum atomic E-state index is 9.94. The molecule has 0 saturated carbocycles. The number of hydrogen-bond donors (Lipinski definition) is 1. The third-order valence-electron chi connectivity index (χ3n) is 4.22. The van der Waals surface area contributed by atoms with Crippen LogP contribution < -0.4 is 4.90 Å². The van der Waals surface area contributed by atoms with E-state index in [0.29, 0.717) is 0 Å². The third kappa shape index (κ3) is 3.96. The lowest BCUT2D eigenvalue weighted by atomic mass is 9.96. The summed E-state index contributed by atoms with van der Waals surface area (Å²) in [6, 6.07) is 6.11. The van der Waals surface area contributed by atoms with Crippen molar-refractivity contribution in [2.24, 2.45) is 5.92 Å². The monoisotopic (exact) mass is 340 g/mol. The van der Waals surface area contributed by atoms with Crippen molar-refractivity contribution in [2.75, 3.05) is 38.6 Å². The van der Waals surface area contributed by atoms with Crippen molar-refractivity contribution in [3.05, 3.63) is 28.2 Å². The van der Waals surface area contributed by atoms with E-state index in [9.17, 15) is 5.11 Å². The summed E-state index contributed by atoms with van der Waals surface area (Å²) in [6.45, 7) is 5.28. The quantitative estimate of drug-likeness (QED) is 0.911. The topological polar surface area (TPSA) is 26.7 Å². The van der Waals surface area contributed by atoms with Gasteiger partial charge < -0.3 is 14.9 Å². The first-order chi connectivity index (χ1) is 9.47. The largest absolute Gasteiger partial charge is 0.389 e. The molecule has 0 aliphatic carbocycles. The summed E-state index contributed by atoms with van der Waals surface area (Å²) < 4.78 is 1.06. The number of aliphatic hydroxyl groups excluding tert-OH is 1. The van der Waals surface area contributed by atoms with Gasteiger partial charge in [0.15, 0.2) is 0 Å². The van der Waals surface area contributed by atoms with Crippen LogP contribution in [-0.2, 0) is 0 Å². The number of rotatable bonds is 4. The Bertz CT molecular complexity index is 442. The van der Waals surface area contributed by atoms with E-state index in [4.69, 9.17) is 0 Å². The highest BCUT2D eigenvalue weighted by atomic mass is 79.9. The molecule has 1 saturated heterocycles. The lowest BCUT2D eigenvalue weighted by Crippen LogP contribution is -2.36. The molecule has 4 heteroatoms. The Hall–Kier alpha value is -0.580. The molecular formula is C16H25BrN2O. The molecule has 1 N–H and O–H groups in total. The van der Waals surface area contributed by atoms with E-state index in [0.717, 1.165) is 28.2 Å². The molecule has 0 bridgehead atoms. The maximum absolute atomic E-state index is 9.94. The summed E-state index contributed by atoms with van der Waals surface area (Å²) in [5.41, 5.74) is 2.14. The summed E-state index contributed by atoms with van der Waals surface area (Å²) in [5.74, 6) is 0.747. The second kappa shape index (κ2) is 6.92. The first kappa shape index (κ1) is 15.8. The number of aliphatic hydroxyl groups is 1. The molecule has 1 unspecified atom stereocenters. The van der Waals surface area contributed by atoms with Crippen LogP contribution >= 0.6 is 15.9 Å². The Morgan fingerprint density at radius 1 is 1.40 bits per heavy atom. The number of benzene rings is 1. The van der Waals surface area contributed by atoms with Gasteiger partial charge >= 0.3 is 0 Å². The molecule has 1 fully saturated rings. The van der Waals surface area contributed by atoms with E-state index < -0.39 is 6.10 Å². The number of anilines is 1. The van der Waals surface area contributed by atoms with Crippen molar-refractivity contribution in [3.63, 3.8) is 0 Å². The minimum Gasteiger partial charge on any atom is -0.389 e. The highest BCUT2D eigenvalue weighted by molar-refractivity contribution is 9.10. The maximum Gasteiger partial charge on any atom is 0.0782 e. The molecule has 3 nitrogen and oxygen atoms in total. The van der Waals surface area contributed by atoms with Crippen LogP contribution in [0.5, 0.6) is 0 Å². The number of likely N-dealkylation sites (tertiary alicyclic amines) is 1. The zero-order valence-corrected chi connectivity index (χ0v) is 14.2.